The van der Waals surface area contributed by atoms with Gasteiger partial charge in [0.05, 0.1) is 18.4 Å². The van der Waals surface area contributed by atoms with Crippen LogP contribution in [0.25, 0.3) is 16.2 Å². The quantitative estimate of drug-likeness (QED) is 0.468. The molecule has 0 aliphatic carbocycles. The number of Topliss-reactive ketones (excluding diaryl/α,β-unsaturated/α-hetero) is 1. The van der Waals surface area contributed by atoms with Gasteiger partial charge < -0.3 is 4.74 Å². The Kier molecular flexibility index (Phi) is 5.35. The van der Waals surface area contributed by atoms with Crippen LogP contribution >= 0.6 is 11.3 Å². The molecule has 2 heterocycles. The van der Waals surface area contributed by atoms with Crippen molar-refractivity contribution in [2.45, 2.75) is 12.8 Å². The summed E-state index contributed by atoms with van der Waals surface area (Å²) in [7, 11) is 1.51. The summed E-state index contributed by atoms with van der Waals surface area (Å²) in [6.07, 6.45) is 0.110. The van der Waals surface area contributed by atoms with Gasteiger partial charge in [0.25, 0.3) is 0 Å². The second kappa shape index (κ2) is 8.24. The summed E-state index contributed by atoms with van der Waals surface area (Å²) in [5, 5.41) is 9.03. The SMILES string of the molecule is COc1ccccc1C(=O)CCC(=O)Nc1nc2scc(-c3ccccc3)n2n1. The lowest BCUT2D eigenvalue weighted by Gasteiger charge is -2.06. The van der Waals surface area contributed by atoms with Crippen molar-refractivity contribution in [3.8, 4) is 17.0 Å². The predicted octanol–water partition coefficient (Wildman–Crippen LogP) is 4.07. The standard InChI is InChI=1S/C21H18N4O3S/c1-28-18-10-6-5-9-15(18)17(26)11-12-19(27)22-20-23-21-25(24-20)16(13-29-21)14-7-3-2-4-8-14/h2-10,13H,11-12H2,1H3,(H,22,24,27). The van der Waals surface area contributed by atoms with Crippen molar-refractivity contribution in [3.63, 3.8) is 0 Å². The van der Waals surface area contributed by atoms with Gasteiger partial charge in [0.15, 0.2) is 5.78 Å². The van der Waals surface area contributed by atoms with Gasteiger partial charge in [0, 0.05) is 23.8 Å². The highest BCUT2D eigenvalue weighted by atomic mass is 32.1. The molecule has 0 unspecified atom stereocenters. The van der Waals surface area contributed by atoms with E-state index in [2.05, 4.69) is 15.4 Å². The average molecular weight is 406 g/mol. The summed E-state index contributed by atoms with van der Waals surface area (Å²) in [6.45, 7) is 0. The first-order chi connectivity index (χ1) is 14.2. The molecule has 1 amide bonds. The topological polar surface area (TPSA) is 85.6 Å². The van der Waals surface area contributed by atoms with Crippen LogP contribution in [0.5, 0.6) is 5.75 Å². The molecule has 0 bridgehead atoms. The first-order valence-electron chi connectivity index (χ1n) is 9.01. The third kappa shape index (κ3) is 4.02. The Labute approximate surface area is 171 Å². The number of para-hydroxylation sites is 1. The molecule has 0 saturated heterocycles. The molecule has 0 spiro atoms. The zero-order chi connectivity index (χ0) is 20.2. The molecule has 1 N–H and O–H groups in total. The van der Waals surface area contributed by atoms with E-state index in [0.717, 1.165) is 11.3 Å². The number of hydrogen-bond acceptors (Lipinski definition) is 6. The summed E-state index contributed by atoms with van der Waals surface area (Å²) >= 11 is 1.45. The largest absolute Gasteiger partial charge is 0.496 e. The molecule has 29 heavy (non-hydrogen) atoms. The van der Waals surface area contributed by atoms with E-state index < -0.39 is 0 Å². The van der Waals surface area contributed by atoms with E-state index in [0.29, 0.717) is 16.3 Å². The molecule has 0 radical (unpaired) electrons. The highest BCUT2D eigenvalue weighted by molar-refractivity contribution is 7.15. The monoisotopic (exact) mass is 406 g/mol. The first-order valence-corrected chi connectivity index (χ1v) is 9.89. The number of rotatable bonds is 7. The number of ketones is 1. The summed E-state index contributed by atoms with van der Waals surface area (Å²) in [5.74, 6) is 0.265. The maximum atomic E-state index is 12.4. The molecule has 7 nitrogen and oxygen atoms in total. The fourth-order valence-corrected chi connectivity index (χ4v) is 3.80. The number of nitrogens with zero attached hydrogens (tertiary/aromatic N) is 3. The van der Waals surface area contributed by atoms with Crippen molar-refractivity contribution in [3.05, 3.63) is 65.5 Å². The van der Waals surface area contributed by atoms with E-state index >= 15 is 0 Å². The number of amides is 1. The third-order valence-corrected chi connectivity index (χ3v) is 5.21. The Bertz CT molecular complexity index is 1170. The van der Waals surface area contributed by atoms with Crippen LogP contribution in [0.2, 0.25) is 0 Å². The van der Waals surface area contributed by atoms with E-state index in [1.54, 1.807) is 28.8 Å². The number of carbonyl (C=O) groups is 2. The second-order valence-corrected chi connectivity index (χ2v) is 7.12. The molecule has 0 saturated carbocycles. The maximum Gasteiger partial charge on any atom is 0.250 e. The van der Waals surface area contributed by atoms with Crippen LogP contribution < -0.4 is 10.1 Å². The highest BCUT2D eigenvalue weighted by Crippen LogP contribution is 2.25. The molecule has 4 aromatic rings. The van der Waals surface area contributed by atoms with Gasteiger partial charge in [-0.05, 0) is 12.1 Å². The number of anilines is 1. The fraction of sp³-hybridized carbons (Fsp3) is 0.143. The molecule has 8 heteroatoms. The summed E-state index contributed by atoms with van der Waals surface area (Å²) in [6, 6.07) is 16.8. The highest BCUT2D eigenvalue weighted by Gasteiger charge is 2.16. The molecule has 0 aliphatic heterocycles. The maximum absolute atomic E-state index is 12.4. The van der Waals surface area contributed by atoms with Gasteiger partial charge in [-0.1, -0.05) is 42.5 Å². The van der Waals surface area contributed by atoms with E-state index in [1.165, 1.54) is 18.4 Å². The van der Waals surface area contributed by atoms with E-state index in [9.17, 15) is 9.59 Å². The van der Waals surface area contributed by atoms with Crippen LogP contribution in [0.3, 0.4) is 0 Å². The zero-order valence-electron chi connectivity index (χ0n) is 15.7. The first kappa shape index (κ1) is 18.8. The van der Waals surface area contributed by atoms with Crippen molar-refractivity contribution in [2.75, 3.05) is 12.4 Å². The van der Waals surface area contributed by atoms with E-state index in [1.807, 2.05) is 35.7 Å². The van der Waals surface area contributed by atoms with Crippen LogP contribution in [0, 0.1) is 0 Å². The van der Waals surface area contributed by atoms with E-state index in [4.69, 9.17) is 4.74 Å². The number of methoxy groups -OCH3 is 1. The number of thiazole rings is 1. The lowest BCUT2D eigenvalue weighted by molar-refractivity contribution is -0.116. The minimum absolute atomic E-state index is 0.0370. The molecular formula is C21H18N4O3S. The van der Waals surface area contributed by atoms with Crippen LogP contribution in [-0.4, -0.2) is 33.4 Å². The number of benzene rings is 2. The van der Waals surface area contributed by atoms with Gasteiger partial charge in [-0.2, -0.15) is 4.98 Å². The molecule has 4 rings (SSSR count). The Balaban J connectivity index is 1.42. The lowest BCUT2D eigenvalue weighted by Crippen LogP contribution is -2.15. The minimum Gasteiger partial charge on any atom is -0.496 e. The molecular weight excluding hydrogens is 388 g/mol. The van der Waals surface area contributed by atoms with Gasteiger partial charge >= 0.3 is 0 Å². The lowest BCUT2D eigenvalue weighted by atomic mass is 10.1. The van der Waals surface area contributed by atoms with Gasteiger partial charge in [-0.15, -0.1) is 16.4 Å². The van der Waals surface area contributed by atoms with Crippen LogP contribution in [-0.2, 0) is 4.79 Å². The van der Waals surface area contributed by atoms with Gasteiger partial charge in [-0.3, -0.25) is 14.9 Å². The Morgan fingerprint density at radius 3 is 2.62 bits per heavy atom. The Hall–Kier alpha value is -3.52. The average Bonchev–Trinajstić information content (AvgIpc) is 3.32. The third-order valence-electron chi connectivity index (χ3n) is 4.39. The number of carbonyl (C=O) groups excluding carboxylic acids is 2. The zero-order valence-corrected chi connectivity index (χ0v) is 16.5. The van der Waals surface area contributed by atoms with Crippen LogP contribution in [0.1, 0.15) is 23.2 Å². The van der Waals surface area contributed by atoms with Crippen molar-refractivity contribution < 1.29 is 14.3 Å². The number of nitrogens with one attached hydrogen (secondary N) is 1. The number of ether oxygens (including phenoxy) is 1. The fourth-order valence-electron chi connectivity index (χ4n) is 2.97. The van der Waals surface area contributed by atoms with Gasteiger partial charge in [-0.25, -0.2) is 4.52 Å². The molecule has 0 atom stereocenters. The van der Waals surface area contributed by atoms with E-state index in [-0.39, 0.29) is 30.5 Å². The second-order valence-electron chi connectivity index (χ2n) is 6.29. The van der Waals surface area contributed by atoms with Gasteiger partial charge in [0.1, 0.15) is 5.75 Å². The number of hydrogen-bond donors (Lipinski definition) is 1. The predicted molar refractivity (Wildman–Crippen MR) is 111 cm³/mol. The number of fused-ring (bicyclic) bond motifs is 1. The molecule has 0 fully saturated rings. The smallest absolute Gasteiger partial charge is 0.250 e. The summed E-state index contributed by atoms with van der Waals surface area (Å²) in [4.78, 5) is 29.7. The van der Waals surface area contributed by atoms with Gasteiger partial charge in [0.2, 0.25) is 16.8 Å². The molecule has 0 aliphatic rings. The minimum atomic E-state index is -0.312. The van der Waals surface area contributed by atoms with Crippen LogP contribution in [0.4, 0.5) is 5.95 Å². The Morgan fingerprint density at radius 2 is 1.83 bits per heavy atom. The normalized spacial score (nSPS) is 10.8. The molecule has 2 aromatic heterocycles. The van der Waals surface area contributed by atoms with Crippen molar-refractivity contribution in [1.82, 2.24) is 14.6 Å². The molecule has 2 aromatic carbocycles. The molecule has 146 valence electrons. The summed E-state index contributed by atoms with van der Waals surface area (Å²) < 4.78 is 6.90. The van der Waals surface area contributed by atoms with Crippen molar-refractivity contribution in [1.29, 1.82) is 0 Å². The Morgan fingerprint density at radius 1 is 1.07 bits per heavy atom. The summed E-state index contributed by atoms with van der Waals surface area (Å²) in [5.41, 5.74) is 2.39. The van der Waals surface area contributed by atoms with Crippen molar-refractivity contribution >= 4 is 33.9 Å². The van der Waals surface area contributed by atoms with Crippen molar-refractivity contribution in [2.24, 2.45) is 0 Å². The van der Waals surface area contributed by atoms with Crippen LogP contribution in [0.15, 0.2) is 60.0 Å². The number of aromatic nitrogens is 3.